The number of aromatic nitrogens is 10. The fraction of sp³-hybridized carbons (Fsp3) is 0.273. The Bertz CT molecular complexity index is 2120. The highest BCUT2D eigenvalue weighted by molar-refractivity contribution is 5.94. The molecule has 5 heterocycles. The van der Waals surface area contributed by atoms with Crippen molar-refractivity contribution in [3.05, 3.63) is 102 Å². The van der Waals surface area contributed by atoms with Gasteiger partial charge in [0.05, 0.1) is 35.2 Å². The summed E-state index contributed by atoms with van der Waals surface area (Å²) in [5.41, 5.74) is 8.33. The van der Waals surface area contributed by atoms with E-state index in [0.717, 1.165) is 56.0 Å². The molecule has 7 aromatic rings. The van der Waals surface area contributed by atoms with Crippen molar-refractivity contribution in [1.82, 2.24) is 49.1 Å². The van der Waals surface area contributed by atoms with Crippen LogP contribution in [0.25, 0.3) is 38.9 Å². The molecule has 0 radical (unpaired) electrons. The summed E-state index contributed by atoms with van der Waals surface area (Å²) in [5, 5.41) is 31.7. The monoisotopic (exact) mass is 586 g/mol. The molecule has 44 heavy (non-hydrogen) atoms. The lowest BCUT2D eigenvalue weighted by molar-refractivity contribution is 0.152. The maximum Gasteiger partial charge on any atom is 0.181 e. The molecule has 0 spiro atoms. The molecule has 1 atom stereocenters. The molecule has 5 aromatic heterocycles. The summed E-state index contributed by atoms with van der Waals surface area (Å²) < 4.78 is 7.42. The zero-order valence-corrected chi connectivity index (χ0v) is 25.4. The van der Waals surface area contributed by atoms with E-state index in [4.69, 9.17) is 15.2 Å². The molecular formula is C33H34N10O. The van der Waals surface area contributed by atoms with Crippen LogP contribution in [0, 0.1) is 13.8 Å². The molecule has 0 fully saturated rings. The van der Waals surface area contributed by atoms with Crippen LogP contribution in [-0.2, 0) is 20.1 Å². The Balaban J connectivity index is 1.29. The van der Waals surface area contributed by atoms with Crippen LogP contribution in [0.4, 0.5) is 0 Å². The zero-order valence-electron chi connectivity index (χ0n) is 25.4. The van der Waals surface area contributed by atoms with Crippen LogP contribution >= 0.6 is 0 Å². The van der Waals surface area contributed by atoms with Crippen LogP contribution < -0.4 is 0 Å². The number of hydrogen-bond acceptors (Lipinski definition) is 7. The number of aryl methyl sites for hydroxylation is 2. The number of hydrogen-bond donors (Lipinski definition) is 1. The standard InChI is InChI=1S/C33H34N10O/c1-20(2)31-22(4)43(28-14-24-15-41(39-33(24)36-21(28)3)18-30-34-19-35-40(30)5)38-32(31)25-12-9-13-27-26(25)16-42(37-27)17-29(44)23-10-7-6-8-11-23/h6-16,19-20,29,44H,17-18H2,1-5H3/t29-/m0/s1. The molecule has 0 saturated carbocycles. The average molecular weight is 587 g/mol. The van der Waals surface area contributed by atoms with E-state index < -0.39 is 6.10 Å². The first-order valence-corrected chi connectivity index (χ1v) is 14.7. The van der Waals surface area contributed by atoms with Crippen molar-refractivity contribution in [1.29, 1.82) is 0 Å². The van der Waals surface area contributed by atoms with E-state index >= 15 is 0 Å². The smallest absolute Gasteiger partial charge is 0.181 e. The number of fused-ring (bicyclic) bond motifs is 2. The molecule has 0 saturated heterocycles. The minimum atomic E-state index is -0.656. The number of nitrogens with zero attached hydrogens (tertiary/aromatic N) is 10. The first-order chi connectivity index (χ1) is 21.3. The minimum absolute atomic E-state index is 0.232. The highest BCUT2D eigenvalue weighted by Gasteiger charge is 2.23. The largest absolute Gasteiger partial charge is 0.386 e. The summed E-state index contributed by atoms with van der Waals surface area (Å²) in [7, 11) is 1.87. The van der Waals surface area contributed by atoms with Crippen molar-refractivity contribution in [2.24, 2.45) is 7.05 Å². The summed E-state index contributed by atoms with van der Waals surface area (Å²) in [6.07, 6.45) is 4.89. The van der Waals surface area contributed by atoms with Gasteiger partial charge < -0.3 is 5.11 Å². The summed E-state index contributed by atoms with van der Waals surface area (Å²) >= 11 is 0. The first-order valence-electron chi connectivity index (χ1n) is 14.7. The van der Waals surface area contributed by atoms with Gasteiger partial charge >= 0.3 is 0 Å². The van der Waals surface area contributed by atoms with Gasteiger partial charge in [-0.1, -0.05) is 56.3 Å². The third-order valence-corrected chi connectivity index (χ3v) is 8.18. The molecule has 11 heteroatoms. The van der Waals surface area contributed by atoms with Gasteiger partial charge in [-0.05, 0) is 37.5 Å². The Kier molecular flexibility index (Phi) is 6.81. The SMILES string of the molecule is Cc1nc2nn(Cc3ncnn3C)cc2cc1-n1nc(-c2cccc3nn(C[C@H](O)c4ccccc4)cc23)c(C(C)C)c1C. The van der Waals surface area contributed by atoms with Gasteiger partial charge in [-0.2, -0.15) is 20.4 Å². The Hall–Kier alpha value is -5.16. The second-order valence-corrected chi connectivity index (χ2v) is 11.6. The number of aliphatic hydroxyl groups is 1. The number of pyridine rings is 1. The van der Waals surface area contributed by atoms with Gasteiger partial charge in [0.15, 0.2) is 5.65 Å². The number of aliphatic hydroxyl groups excluding tert-OH is 1. The van der Waals surface area contributed by atoms with Gasteiger partial charge in [0.25, 0.3) is 0 Å². The molecule has 11 nitrogen and oxygen atoms in total. The second-order valence-electron chi connectivity index (χ2n) is 11.6. The highest BCUT2D eigenvalue weighted by Crippen LogP contribution is 2.37. The molecular weight excluding hydrogens is 552 g/mol. The Morgan fingerprint density at radius 3 is 2.48 bits per heavy atom. The molecule has 7 rings (SSSR count). The van der Waals surface area contributed by atoms with Gasteiger partial charge in [-0.3, -0.25) is 14.0 Å². The van der Waals surface area contributed by atoms with E-state index in [2.05, 4.69) is 48.1 Å². The molecule has 1 N–H and O–H groups in total. The molecule has 0 bridgehead atoms. The summed E-state index contributed by atoms with van der Waals surface area (Å²) in [6.45, 7) is 9.37. The fourth-order valence-electron chi connectivity index (χ4n) is 5.98. The van der Waals surface area contributed by atoms with Gasteiger partial charge in [-0.25, -0.2) is 14.6 Å². The Morgan fingerprint density at radius 2 is 1.73 bits per heavy atom. The predicted molar refractivity (Wildman–Crippen MR) is 168 cm³/mol. The van der Waals surface area contributed by atoms with Crippen LogP contribution in [-0.4, -0.2) is 54.2 Å². The third-order valence-electron chi connectivity index (χ3n) is 8.18. The van der Waals surface area contributed by atoms with Gasteiger partial charge in [-0.15, -0.1) is 0 Å². The summed E-state index contributed by atoms with van der Waals surface area (Å²) in [4.78, 5) is 9.18. The fourth-order valence-corrected chi connectivity index (χ4v) is 5.98. The Morgan fingerprint density at radius 1 is 0.909 bits per heavy atom. The summed E-state index contributed by atoms with van der Waals surface area (Å²) in [6, 6.07) is 17.9. The number of benzene rings is 2. The lowest BCUT2D eigenvalue weighted by Crippen LogP contribution is -2.08. The molecule has 0 aliphatic carbocycles. The maximum absolute atomic E-state index is 10.9. The molecule has 0 aliphatic rings. The van der Waals surface area contributed by atoms with Crippen molar-refractivity contribution < 1.29 is 5.11 Å². The molecule has 222 valence electrons. The highest BCUT2D eigenvalue weighted by atomic mass is 16.3. The van der Waals surface area contributed by atoms with Crippen molar-refractivity contribution in [3.8, 4) is 16.9 Å². The molecule has 0 aliphatic heterocycles. The van der Waals surface area contributed by atoms with E-state index in [0.29, 0.717) is 18.7 Å². The van der Waals surface area contributed by atoms with E-state index in [1.54, 1.807) is 11.0 Å². The van der Waals surface area contributed by atoms with Gasteiger partial charge in [0.1, 0.15) is 18.7 Å². The van der Waals surface area contributed by atoms with E-state index in [1.165, 1.54) is 5.56 Å². The molecule has 2 aromatic carbocycles. The van der Waals surface area contributed by atoms with Crippen molar-refractivity contribution in [2.45, 2.75) is 52.8 Å². The van der Waals surface area contributed by atoms with E-state index in [1.807, 2.05) is 82.9 Å². The quantitative estimate of drug-likeness (QED) is 0.257. The van der Waals surface area contributed by atoms with Crippen LogP contribution in [0.5, 0.6) is 0 Å². The van der Waals surface area contributed by atoms with Crippen LogP contribution in [0.2, 0.25) is 0 Å². The zero-order chi connectivity index (χ0) is 30.5. The van der Waals surface area contributed by atoms with Crippen molar-refractivity contribution >= 4 is 21.9 Å². The maximum atomic E-state index is 10.9. The minimum Gasteiger partial charge on any atom is -0.386 e. The van der Waals surface area contributed by atoms with Crippen molar-refractivity contribution in [3.63, 3.8) is 0 Å². The van der Waals surface area contributed by atoms with E-state index in [-0.39, 0.29) is 5.92 Å². The molecule has 0 unspecified atom stereocenters. The van der Waals surface area contributed by atoms with Gasteiger partial charge in [0.2, 0.25) is 0 Å². The topological polar surface area (TPSA) is 117 Å². The van der Waals surface area contributed by atoms with Crippen LogP contribution in [0.15, 0.2) is 73.3 Å². The molecule has 0 amide bonds. The summed E-state index contributed by atoms with van der Waals surface area (Å²) in [5.74, 6) is 1.05. The lowest BCUT2D eigenvalue weighted by atomic mass is 9.95. The predicted octanol–water partition coefficient (Wildman–Crippen LogP) is 5.28. The van der Waals surface area contributed by atoms with E-state index in [9.17, 15) is 5.11 Å². The lowest BCUT2D eigenvalue weighted by Gasteiger charge is -2.10. The first kappa shape index (κ1) is 27.7. The van der Waals surface area contributed by atoms with Gasteiger partial charge in [0, 0.05) is 47.0 Å². The third kappa shape index (κ3) is 4.84. The van der Waals surface area contributed by atoms with Crippen molar-refractivity contribution in [2.75, 3.05) is 0 Å². The van der Waals surface area contributed by atoms with Crippen LogP contribution in [0.1, 0.15) is 54.2 Å². The Labute approximate surface area is 254 Å². The normalized spacial score (nSPS) is 12.6. The second kappa shape index (κ2) is 10.8. The van der Waals surface area contributed by atoms with Crippen LogP contribution in [0.3, 0.4) is 0 Å². The average Bonchev–Trinajstić information content (AvgIpc) is 3.78. The number of rotatable bonds is 8.